The summed E-state index contributed by atoms with van der Waals surface area (Å²) in [6, 6.07) is 10.5. The minimum atomic E-state index is 0.427. The number of likely N-dealkylation sites (tertiary alicyclic amines) is 1. The van der Waals surface area contributed by atoms with Gasteiger partial charge in [-0.05, 0) is 55.8 Å². The van der Waals surface area contributed by atoms with E-state index < -0.39 is 0 Å². The molecule has 1 saturated heterocycles. The van der Waals surface area contributed by atoms with Crippen molar-refractivity contribution in [2.45, 2.75) is 25.3 Å². The van der Waals surface area contributed by atoms with E-state index in [2.05, 4.69) is 64.2 Å². The zero-order valence-electron chi connectivity index (χ0n) is 17.2. The van der Waals surface area contributed by atoms with Crippen LogP contribution in [0.1, 0.15) is 35.7 Å². The number of allylic oxidation sites excluding steroid dienone is 1. The molecule has 0 saturated carbocycles. The molecule has 0 radical (unpaired) electrons. The van der Waals surface area contributed by atoms with Crippen molar-refractivity contribution in [1.82, 2.24) is 19.8 Å². The highest BCUT2D eigenvalue weighted by molar-refractivity contribution is 6.14. The number of nitrogens with zero attached hydrogens (tertiary/aromatic N) is 6. The zero-order valence-corrected chi connectivity index (χ0v) is 17.2. The quantitative estimate of drug-likeness (QED) is 0.807. The SMILES string of the molecule is CN(C)Cc1cccc(C2=CCN=C(N3CCC(c4ncccn4)CC3)N=C2)c1. The van der Waals surface area contributed by atoms with Gasteiger partial charge in [0.25, 0.3) is 0 Å². The molecular weight excluding hydrogens is 360 g/mol. The van der Waals surface area contributed by atoms with Gasteiger partial charge in [0.05, 0.1) is 6.54 Å². The standard InChI is InChI=1S/C23H28N6/c1-28(2)17-18-5-3-6-20(15-18)21-7-12-26-23(27-16-21)29-13-8-19(9-14-29)22-24-10-4-11-25-22/h3-7,10-11,15-16,19H,8-9,12-14,17H2,1-2H3. The van der Waals surface area contributed by atoms with Crippen molar-refractivity contribution in [3.8, 4) is 0 Å². The molecule has 0 amide bonds. The lowest BCUT2D eigenvalue weighted by Crippen LogP contribution is -2.37. The number of rotatable bonds is 4. The summed E-state index contributed by atoms with van der Waals surface area (Å²) in [7, 11) is 4.18. The molecule has 1 fully saturated rings. The molecule has 2 aliphatic rings. The van der Waals surface area contributed by atoms with Crippen molar-refractivity contribution in [3.05, 3.63) is 65.8 Å². The molecule has 2 aromatic rings. The maximum Gasteiger partial charge on any atom is 0.220 e. The second-order valence-corrected chi connectivity index (χ2v) is 7.86. The molecule has 29 heavy (non-hydrogen) atoms. The summed E-state index contributed by atoms with van der Waals surface area (Å²) < 4.78 is 0. The average Bonchev–Trinajstić information content (AvgIpc) is 3.01. The van der Waals surface area contributed by atoms with Gasteiger partial charge >= 0.3 is 0 Å². The van der Waals surface area contributed by atoms with Crippen LogP contribution in [0, 0.1) is 0 Å². The molecule has 0 N–H and O–H groups in total. The molecule has 1 aromatic heterocycles. The smallest absolute Gasteiger partial charge is 0.220 e. The largest absolute Gasteiger partial charge is 0.341 e. The van der Waals surface area contributed by atoms with Gasteiger partial charge < -0.3 is 9.80 Å². The van der Waals surface area contributed by atoms with Crippen LogP contribution in [0.25, 0.3) is 5.57 Å². The van der Waals surface area contributed by atoms with Gasteiger partial charge in [-0.15, -0.1) is 0 Å². The Labute approximate surface area is 172 Å². The predicted octanol–water partition coefficient (Wildman–Crippen LogP) is 3.24. The second-order valence-electron chi connectivity index (χ2n) is 7.86. The Bertz CT molecular complexity index is 908. The topological polar surface area (TPSA) is 57.0 Å². The van der Waals surface area contributed by atoms with Crippen molar-refractivity contribution >= 4 is 17.7 Å². The highest BCUT2D eigenvalue weighted by Crippen LogP contribution is 2.26. The van der Waals surface area contributed by atoms with E-state index in [1.54, 1.807) is 0 Å². The fourth-order valence-corrected chi connectivity index (χ4v) is 3.89. The molecule has 0 atom stereocenters. The second kappa shape index (κ2) is 9.09. The molecule has 0 unspecified atom stereocenters. The van der Waals surface area contributed by atoms with Crippen LogP contribution < -0.4 is 0 Å². The summed E-state index contributed by atoms with van der Waals surface area (Å²) in [5.41, 5.74) is 3.64. The van der Waals surface area contributed by atoms with Crippen molar-refractivity contribution < 1.29 is 0 Å². The third-order valence-electron chi connectivity index (χ3n) is 5.35. The normalized spacial score (nSPS) is 17.8. The Morgan fingerprint density at radius 3 is 2.62 bits per heavy atom. The van der Waals surface area contributed by atoms with Crippen LogP contribution in [0.5, 0.6) is 0 Å². The van der Waals surface area contributed by atoms with E-state index >= 15 is 0 Å². The van der Waals surface area contributed by atoms with Crippen LogP contribution in [0.15, 0.2) is 58.8 Å². The maximum atomic E-state index is 4.73. The van der Waals surface area contributed by atoms with Crippen LogP contribution in [0.2, 0.25) is 0 Å². The lowest BCUT2D eigenvalue weighted by molar-refractivity contribution is 0.304. The molecule has 0 spiro atoms. The van der Waals surface area contributed by atoms with Crippen LogP contribution >= 0.6 is 0 Å². The van der Waals surface area contributed by atoms with Gasteiger partial charge in [0.1, 0.15) is 5.82 Å². The first kappa shape index (κ1) is 19.5. The summed E-state index contributed by atoms with van der Waals surface area (Å²) in [6.45, 7) is 3.46. The van der Waals surface area contributed by atoms with Crippen molar-refractivity contribution in [3.63, 3.8) is 0 Å². The Morgan fingerprint density at radius 2 is 1.86 bits per heavy atom. The van der Waals surface area contributed by atoms with Gasteiger partial charge in [0, 0.05) is 44.2 Å². The number of aliphatic imine (C=N–C) groups is 2. The molecule has 1 aromatic carbocycles. The van der Waals surface area contributed by atoms with Crippen LogP contribution in [-0.4, -0.2) is 65.7 Å². The molecule has 6 heteroatoms. The lowest BCUT2D eigenvalue weighted by atomic mass is 9.96. The van der Waals surface area contributed by atoms with Crippen LogP contribution in [0.3, 0.4) is 0 Å². The van der Waals surface area contributed by atoms with E-state index in [9.17, 15) is 0 Å². The Morgan fingerprint density at radius 1 is 1.07 bits per heavy atom. The van der Waals surface area contributed by atoms with Gasteiger partial charge in [-0.25, -0.2) is 20.0 Å². The number of hydrogen-bond acceptors (Lipinski definition) is 6. The summed E-state index contributed by atoms with van der Waals surface area (Å²) in [5.74, 6) is 2.23. The summed E-state index contributed by atoms with van der Waals surface area (Å²) in [5, 5.41) is 0. The van der Waals surface area contributed by atoms with E-state index in [1.165, 1.54) is 11.1 Å². The number of guanidine groups is 1. The first-order valence-corrected chi connectivity index (χ1v) is 10.2. The number of hydrogen-bond donors (Lipinski definition) is 0. The van der Waals surface area contributed by atoms with Gasteiger partial charge in [-0.3, -0.25) is 0 Å². The minimum absolute atomic E-state index is 0.427. The fraction of sp³-hybridized carbons (Fsp3) is 0.391. The van der Waals surface area contributed by atoms with Crippen LogP contribution in [0.4, 0.5) is 0 Å². The predicted molar refractivity (Wildman–Crippen MR) is 118 cm³/mol. The Balaban J connectivity index is 1.40. The van der Waals surface area contributed by atoms with Gasteiger partial charge in [-0.2, -0.15) is 0 Å². The van der Waals surface area contributed by atoms with Crippen molar-refractivity contribution in [1.29, 1.82) is 0 Å². The molecule has 0 aliphatic carbocycles. The monoisotopic (exact) mass is 388 g/mol. The summed E-state index contributed by atoms with van der Waals surface area (Å²) >= 11 is 0. The number of piperidine rings is 1. The van der Waals surface area contributed by atoms with Gasteiger partial charge in [0.2, 0.25) is 5.96 Å². The third kappa shape index (κ3) is 4.95. The lowest BCUT2D eigenvalue weighted by Gasteiger charge is -2.31. The van der Waals surface area contributed by atoms with Crippen LogP contribution in [-0.2, 0) is 6.54 Å². The Kier molecular flexibility index (Phi) is 6.10. The van der Waals surface area contributed by atoms with E-state index in [-0.39, 0.29) is 0 Å². The Hall–Kier alpha value is -2.86. The molecule has 2 aliphatic heterocycles. The molecule has 0 bridgehead atoms. The molecule has 3 heterocycles. The van der Waals surface area contributed by atoms with E-state index in [0.717, 1.165) is 49.8 Å². The molecular formula is C23H28N6. The molecule has 6 nitrogen and oxygen atoms in total. The highest BCUT2D eigenvalue weighted by atomic mass is 15.3. The number of aromatic nitrogens is 2. The van der Waals surface area contributed by atoms with E-state index in [1.807, 2.05) is 24.7 Å². The van der Waals surface area contributed by atoms with Crippen molar-refractivity contribution in [2.24, 2.45) is 9.98 Å². The third-order valence-corrected chi connectivity index (χ3v) is 5.35. The zero-order chi connectivity index (χ0) is 20.1. The summed E-state index contributed by atoms with van der Waals surface area (Å²) in [6.07, 6.45) is 9.85. The first-order valence-electron chi connectivity index (χ1n) is 10.2. The average molecular weight is 389 g/mol. The molecule has 150 valence electrons. The van der Waals surface area contributed by atoms with Gasteiger partial charge in [0.15, 0.2) is 0 Å². The van der Waals surface area contributed by atoms with E-state index in [0.29, 0.717) is 12.5 Å². The molecule has 4 rings (SSSR count). The van der Waals surface area contributed by atoms with Crippen molar-refractivity contribution in [2.75, 3.05) is 33.7 Å². The van der Waals surface area contributed by atoms with Gasteiger partial charge in [-0.1, -0.05) is 24.3 Å². The fourth-order valence-electron chi connectivity index (χ4n) is 3.89. The maximum absolute atomic E-state index is 4.73. The number of benzene rings is 1. The highest BCUT2D eigenvalue weighted by Gasteiger charge is 2.24. The first-order chi connectivity index (χ1) is 14.2. The van der Waals surface area contributed by atoms with E-state index in [4.69, 9.17) is 9.98 Å². The minimum Gasteiger partial charge on any atom is -0.341 e. The summed E-state index contributed by atoms with van der Waals surface area (Å²) in [4.78, 5) is 22.8.